The molecule has 2 N–H and O–H groups in total. The lowest BCUT2D eigenvalue weighted by molar-refractivity contribution is -0.147. The topological polar surface area (TPSA) is 84.5 Å². The van der Waals surface area contributed by atoms with Crippen molar-refractivity contribution in [1.29, 1.82) is 0 Å². The van der Waals surface area contributed by atoms with Crippen molar-refractivity contribution in [1.82, 2.24) is 5.32 Å². The summed E-state index contributed by atoms with van der Waals surface area (Å²) in [5.74, 6) is -1.24. The number of nitrogens with one attached hydrogen (secondary N) is 2. The third-order valence-electron chi connectivity index (χ3n) is 3.81. The summed E-state index contributed by atoms with van der Waals surface area (Å²) in [5.41, 5.74) is 1.34. The van der Waals surface area contributed by atoms with Crippen LogP contribution in [0.3, 0.4) is 0 Å². The number of para-hydroxylation sites is 1. The number of carbonyl (C=O) groups excluding carboxylic acids is 3. The van der Waals surface area contributed by atoms with E-state index in [1.165, 1.54) is 0 Å². The Labute approximate surface area is 156 Å². The molecule has 0 saturated heterocycles. The number of fused-ring (bicyclic) bond motifs is 1. The first-order valence-electron chi connectivity index (χ1n) is 8.39. The predicted octanol–water partition coefficient (Wildman–Crippen LogP) is 3.27. The Kier molecular flexibility index (Phi) is 5.79. The van der Waals surface area contributed by atoms with Crippen molar-refractivity contribution in [3.8, 4) is 0 Å². The molecular formula is C21H18N2O4. The highest BCUT2D eigenvalue weighted by Gasteiger charge is 2.12. The number of esters is 1. The van der Waals surface area contributed by atoms with Crippen LogP contribution < -0.4 is 10.6 Å². The van der Waals surface area contributed by atoms with Crippen molar-refractivity contribution in [3.05, 3.63) is 78.4 Å². The number of carbonyl (C=O) groups is 3. The van der Waals surface area contributed by atoms with Crippen LogP contribution >= 0.6 is 0 Å². The van der Waals surface area contributed by atoms with Gasteiger partial charge in [0.05, 0.1) is 6.42 Å². The van der Waals surface area contributed by atoms with Crippen LogP contribution in [0.5, 0.6) is 0 Å². The van der Waals surface area contributed by atoms with Crippen LogP contribution in [0.15, 0.2) is 72.8 Å². The normalized spacial score (nSPS) is 10.2. The van der Waals surface area contributed by atoms with Gasteiger partial charge in [0.1, 0.15) is 0 Å². The zero-order chi connectivity index (χ0) is 19.1. The quantitative estimate of drug-likeness (QED) is 0.682. The van der Waals surface area contributed by atoms with Gasteiger partial charge < -0.3 is 10.1 Å². The van der Waals surface area contributed by atoms with Crippen LogP contribution in [0, 0.1) is 0 Å². The van der Waals surface area contributed by atoms with Crippen LogP contribution in [0.25, 0.3) is 10.8 Å². The first-order valence-corrected chi connectivity index (χ1v) is 8.39. The minimum absolute atomic E-state index is 0.0499. The number of anilines is 1. The van der Waals surface area contributed by atoms with Gasteiger partial charge in [0, 0.05) is 5.69 Å². The summed E-state index contributed by atoms with van der Waals surface area (Å²) in [6, 6.07) is 21.5. The Balaban J connectivity index is 1.45. The van der Waals surface area contributed by atoms with Gasteiger partial charge in [-0.2, -0.15) is 0 Å². The molecule has 6 nitrogen and oxygen atoms in total. The molecule has 0 aliphatic carbocycles. The minimum Gasteiger partial charge on any atom is -0.455 e. The van der Waals surface area contributed by atoms with Gasteiger partial charge in [0.15, 0.2) is 6.61 Å². The molecule has 3 amide bonds. The monoisotopic (exact) mass is 362 g/mol. The molecule has 0 unspecified atom stereocenters. The first-order chi connectivity index (χ1) is 13.1. The summed E-state index contributed by atoms with van der Waals surface area (Å²) >= 11 is 0. The Morgan fingerprint density at radius 1 is 0.815 bits per heavy atom. The molecule has 136 valence electrons. The largest absolute Gasteiger partial charge is 0.455 e. The molecule has 0 aliphatic rings. The lowest BCUT2D eigenvalue weighted by Crippen LogP contribution is -2.37. The number of hydrogen-bond acceptors (Lipinski definition) is 4. The van der Waals surface area contributed by atoms with Crippen LogP contribution in [-0.2, 0) is 20.7 Å². The van der Waals surface area contributed by atoms with Gasteiger partial charge in [-0.1, -0.05) is 60.7 Å². The highest BCUT2D eigenvalue weighted by Crippen LogP contribution is 2.16. The summed E-state index contributed by atoms with van der Waals surface area (Å²) in [6.45, 7) is -0.519. The molecule has 0 fully saturated rings. The Morgan fingerprint density at radius 2 is 1.52 bits per heavy atom. The Bertz CT molecular complexity index is 970. The summed E-state index contributed by atoms with van der Waals surface area (Å²) in [6.07, 6.45) is 0.0499. The standard InChI is InChI=1S/C21H18N2O4/c24-19(23-21(26)22-18-8-2-1-3-9-18)14-27-20(25)13-15-10-11-16-6-4-5-7-17(16)12-15/h1-12H,13-14H2,(H2,22,23,24,26). The van der Waals surface area contributed by atoms with Gasteiger partial charge >= 0.3 is 12.0 Å². The van der Waals surface area contributed by atoms with Crippen molar-refractivity contribution >= 4 is 34.4 Å². The second-order valence-electron chi connectivity index (χ2n) is 5.89. The van der Waals surface area contributed by atoms with Gasteiger partial charge in [-0.05, 0) is 28.5 Å². The van der Waals surface area contributed by atoms with E-state index in [1.54, 1.807) is 24.3 Å². The minimum atomic E-state index is -0.699. The van der Waals surface area contributed by atoms with Crippen molar-refractivity contribution in [2.24, 2.45) is 0 Å². The second kappa shape index (κ2) is 8.62. The molecule has 0 spiro atoms. The fourth-order valence-electron chi connectivity index (χ4n) is 2.56. The lowest BCUT2D eigenvalue weighted by Gasteiger charge is -2.08. The Hall–Kier alpha value is -3.67. The van der Waals surface area contributed by atoms with E-state index in [4.69, 9.17) is 4.74 Å². The third-order valence-corrected chi connectivity index (χ3v) is 3.81. The molecule has 0 radical (unpaired) electrons. The molecule has 6 heteroatoms. The number of ether oxygens (including phenoxy) is 1. The van der Waals surface area contributed by atoms with Gasteiger partial charge in [-0.15, -0.1) is 0 Å². The van der Waals surface area contributed by atoms with Crippen molar-refractivity contribution in [3.63, 3.8) is 0 Å². The smallest absolute Gasteiger partial charge is 0.325 e. The maximum Gasteiger partial charge on any atom is 0.325 e. The molecule has 3 aromatic carbocycles. The van der Waals surface area contributed by atoms with E-state index in [9.17, 15) is 14.4 Å². The number of hydrogen-bond donors (Lipinski definition) is 2. The van der Waals surface area contributed by atoms with E-state index in [2.05, 4.69) is 10.6 Å². The molecule has 3 rings (SSSR count). The van der Waals surface area contributed by atoms with Crippen LogP contribution in [-0.4, -0.2) is 24.5 Å². The Morgan fingerprint density at radius 3 is 2.30 bits per heavy atom. The molecule has 3 aromatic rings. The van der Waals surface area contributed by atoms with E-state index >= 15 is 0 Å². The van der Waals surface area contributed by atoms with Gasteiger partial charge in [0.25, 0.3) is 5.91 Å². The maximum absolute atomic E-state index is 11.9. The molecule has 0 bridgehead atoms. The molecule has 0 atom stereocenters. The number of rotatable bonds is 5. The van der Waals surface area contributed by atoms with E-state index < -0.39 is 24.5 Å². The van der Waals surface area contributed by atoms with Crippen molar-refractivity contribution in [2.45, 2.75) is 6.42 Å². The molecule has 27 heavy (non-hydrogen) atoms. The van der Waals surface area contributed by atoms with Gasteiger partial charge in [-0.25, -0.2) is 4.79 Å². The van der Waals surface area contributed by atoms with E-state index in [0.29, 0.717) is 5.69 Å². The van der Waals surface area contributed by atoms with E-state index in [-0.39, 0.29) is 6.42 Å². The second-order valence-corrected chi connectivity index (χ2v) is 5.89. The van der Waals surface area contributed by atoms with Crippen LogP contribution in [0.4, 0.5) is 10.5 Å². The molecule has 0 aliphatic heterocycles. The van der Waals surface area contributed by atoms with Gasteiger partial charge in [-0.3, -0.25) is 14.9 Å². The zero-order valence-corrected chi connectivity index (χ0v) is 14.5. The molecule has 0 aromatic heterocycles. The highest BCUT2D eigenvalue weighted by atomic mass is 16.5. The van der Waals surface area contributed by atoms with E-state index in [0.717, 1.165) is 16.3 Å². The third kappa shape index (κ3) is 5.40. The number of urea groups is 1. The summed E-state index contributed by atoms with van der Waals surface area (Å²) in [5, 5.41) is 6.72. The van der Waals surface area contributed by atoms with Crippen molar-refractivity contribution < 1.29 is 19.1 Å². The highest BCUT2D eigenvalue weighted by molar-refractivity contribution is 6.01. The summed E-state index contributed by atoms with van der Waals surface area (Å²) < 4.78 is 4.94. The zero-order valence-electron chi connectivity index (χ0n) is 14.5. The van der Waals surface area contributed by atoms with Crippen molar-refractivity contribution in [2.75, 3.05) is 11.9 Å². The average molecular weight is 362 g/mol. The molecule has 0 saturated carbocycles. The predicted molar refractivity (Wildman–Crippen MR) is 102 cm³/mol. The average Bonchev–Trinajstić information content (AvgIpc) is 2.67. The number of imide groups is 1. The first kappa shape index (κ1) is 18.1. The fraction of sp³-hybridized carbons (Fsp3) is 0.0952. The summed E-state index contributed by atoms with van der Waals surface area (Å²) in [7, 11) is 0. The fourth-order valence-corrected chi connectivity index (χ4v) is 2.56. The van der Waals surface area contributed by atoms with Crippen LogP contribution in [0.2, 0.25) is 0 Å². The van der Waals surface area contributed by atoms with Crippen LogP contribution in [0.1, 0.15) is 5.56 Å². The van der Waals surface area contributed by atoms with E-state index in [1.807, 2.05) is 48.5 Å². The SMILES string of the molecule is O=C(COC(=O)Cc1ccc2ccccc2c1)NC(=O)Nc1ccccc1. The van der Waals surface area contributed by atoms with Gasteiger partial charge in [0.2, 0.25) is 0 Å². The molecular weight excluding hydrogens is 344 g/mol. The lowest BCUT2D eigenvalue weighted by atomic mass is 10.1. The maximum atomic E-state index is 11.9. The number of benzene rings is 3. The number of amides is 3. The molecule has 0 heterocycles. The summed E-state index contributed by atoms with van der Waals surface area (Å²) in [4.78, 5) is 35.4.